The molecule has 0 radical (unpaired) electrons. The highest BCUT2D eigenvalue weighted by molar-refractivity contribution is 5.90. The van der Waals surface area contributed by atoms with E-state index < -0.39 is 17.4 Å². The quantitative estimate of drug-likeness (QED) is 0.815. The Morgan fingerprint density at radius 1 is 1.20 bits per heavy atom. The van der Waals surface area contributed by atoms with Gasteiger partial charge in [0.15, 0.2) is 0 Å². The highest BCUT2D eigenvalue weighted by atomic mass is 19.1. The van der Waals surface area contributed by atoms with Crippen LogP contribution in [-0.4, -0.2) is 31.3 Å². The SMILES string of the molecule is CC(C)(C)OC(=O)c1cc(C2CC2)c(OCC2CCNCC2)cc1F. The van der Waals surface area contributed by atoms with Crippen molar-refractivity contribution in [2.24, 2.45) is 5.92 Å². The van der Waals surface area contributed by atoms with Crippen LogP contribution in [0.2, 0.25) is 0 Å². The number of benzene rings is 1. The van der Waals surface area contributed by atoms with Gasteiger partial charge in [-0.05, 0) is 83.0 Å². The molecule has 5 heteroatoms. The molecule has 0 unspecified atom stereocenters. The number of hydrogen-bond acceptors (Lipinski definition) is 4. The third kappa shape index (κ3) is 4.94. The Morgan fingerprint density at radius 2 is 1.88 bits per heavy atom. The minimum atomic E-state index is -0.645. The summed E-state index contributed by atoms with van der Waals surface area (Å²) in [6.07, 6.45) is 4.28. The predicted octanol–water partition coefficient (Wildman–Crippen LogP) is 4.04. The van der Waals surface area contributed by atoms with Gasteiger partial charge in [0.2, 0.25) is 0 Å². The fourth-order valence-electron chi connectivity index (χ4n) is 3.16. The van der Waals surface area contributed by atoms with E-state index in [4.69, 9.17) is 9.47 Å². The lowest BCUT2D eigenvalue weighted by molar-refractivity contribution is 0.00645. The summed E-state index contributed by atoms with van der Waals surface area (Å²) in [5, 5.41) is 3.33. The van der Waals surface area contributed by atoms with Crippen molar-refractivity contribution in [1.82, 2.24) is 5.32 Å². The van der Waals surface area contributed by atoms with E-state index in [1.807, 2.05) is 0 Å². The number of halogens is 1. The lowest BCUT2D eigenvalue weighted by atomic mass is 9.99. The van der Waals surface area contributed by atoms with E-state index in [0.29, 0.717) is 24.2 Å². The van der Waals surface area contributed by atoms with Crippen molar-refractivity contribution in [3.63, 3.8) is 0 Å². The molecule has 2 aliphatic rings. The topological polar surface area (TPSA) is 47.6 Å². The maximum Gasteiger partial charge on any atom is 0.341 e. The van der Waals surface area contributed by atoms with Gasteiger partial charge in [-0.3, -0.25) is 0 Å². The number of piperidine rings is 1. The molecule has 1 aliphatic carbocycles. The normalized spacial score (nSPS) is 18.9. The zero-order valence-corrected chi connectivity index (χ0v) is 15.4. The molecule has 1 saturated heterocycles. The van der Waals surface area contributed by atoms with Gasteiger partial charge >= 0.3 is 5.97 Å². The Morgan fingerprint density at radius 3 is 2.48 bits per heavy atom. The van der Waals surface area contributed by atoms with Crippen LogP contribution in [0.1, 0.15) is 68.3 Å². The molecular formula is C20H28FNO3. The van der Waals surface area contributed by atoms with Crippen molar-refractivity contribution >= 4 is 5.97 Å². The van der Waals surface area contributed by atoms with Crippen LogP contribution in [0.4, 0.5) is 4.39 Å². The second-order valence-corrected chi connectivity index (χ2v) is 8.15. The molecule has 1 N–H and O–H groups in total. The Balaban J connectivity index is 1.77. The first-order valence-corrected chi connectivity index (χ1v) is 9.24. The number of esters is 1. The van der Waals surface area contributed by atoms with Crippen LogP contribution in [0, 0.1) is 11.7 Å². The molecule has 0 spiro atoms. The molecule has 25 heavy (non-hydrogen) atoms. The Labute approximate surface area is 149 Å². The van der Waals surface area contributed by atoms with Crippen molar-refractivity contribution in [3.05, 3.63) is 29.1 Å². The molecule has 2 fully saturated rings. The molecule has 4 nitrogen and oxygen atoms in total. The van der Waals surface area contributed by atoms with Crippen LogP contribution < -0.4 is 10.1 Å². The zero-order chi connectivity index (χ0) is 18.0. The average molecular weight is 349 g/mol. The monoisotopic (exact) mass is 349 g/mol. The van der Waals surface area contributed by atoms with Gasteiger partial charge in [0, 0.05) is 6.07 Å². The van der Waals surface area contributed by atoms with Gasteiger partial charge in [-0.2, -0.15) is 0 Å². The van der Waals surface area contributed by atoms with Crippen LogP contribution in [0.25, 0.3) is 0 Å². The van der Waals surface area contributed by atoms with Gasteiger partial charge < -0.3 is 14.8 Å². The summed E-state index contributed by atoms with van der Waals surface area (Å²) in [7, 11) is 0. The lowest BCUT2D eigenvalue weighted by Gasteiger charge is -2.24. The van der Waals surface area contributed by atoms with E-state index in [-0.39, 0.29) is 5.56 Å². The fraction of sp³-hybridized carbons (Fsp3) is 0.650. The van der Waals surface area contributed by atoms with Gasteiger partial charge in [-0.25, -0.2) is 9.18 Å². The van der Waals surface area contributed by atoms with E-state index in [2.05, 4.69) is 5.32 Å². The second-order valence-electron chi connectivity index (χ2n) is 8.15. The van der Waals surface area contributed by atoms with Crippen molar-refractivity contribution in [1.29, 1.82) is 0 Å². The summed E-state index contributed by atoms with van der Waals surface area (Å²) in [5.74, 6) is 0.272. The van der Waals surface area contributed by atoms with Gasteiger partial charge in [-0.15, -0.1) is 0 Å². The zero-order valence-electron chi connectivity index (χ0n) is 15.4. The Kier molecular flexibility index (Phi) is 5.32. The smallest absolute Gasteiger partial charge is 0.341 e. The standard InChI is InChI=1S/C20H28FNO3/c1-20(2,3)25-19(23)16-10-15(14-4-5-14)18(11-17(16)21)24-12-13-6-8-22-9-7-13/h10-11,13-14,22H,4-9,12H2,1-3H3. The first-order chi connectivity index (χ1) is 11.8. The highest BCUT2D eigenvalue weighted by Crippen LogP contribution is 2.45. The second kappa shape index (κ2) is 7.32. The molecule has 0 amide bonds. The molecule has 1 saturated carbocycles. The molecule has 138 valence electrons. The molecule has 1 heterocycles. The molecule has 1 aromatic rings. The van der Waals surface area contributed by atoms with Crippen LogP contribution in [0.15, 0.2) is 12.1 Å². The number of ether oxygens (including phenoxy) is 2. The first-order valence-electron chi connectivity index (χ1n) is 9.24. The fourth-order valence-corrected chi connectivity index (χ4v) is 3.16. The maximum absolute atomic E-state index is 14.5. The Bertz CT molecular complexity index is 629. The van der Waals surface area contributed by atoms with Crippen LogP contribution >= 0.6 is 0 Å². The van der Waals surface area contributed by atoms with Crippen molar-refractivity contribution in [2.75, 3.05) is 19.7 Å². The van der Waals surface area contributed by atoms with Crippen LogP contribution in [0.5, 0.6) is 5.75 Å². The number of nitrogens with one attached hydrogen (secondary N) is 1. The third-order valence-electron chi connectivity index (χ3n) is 4.67. The molecule has 1 aromatic carbocycles. The number of hydrogen-bond donors (Lipinski definition) is 1. The van der Waals surface area contributed by atoms with Crippen LogP contribution in [0.3, 0.4) is 0 Å². The van der Waals surface area contributed by atoms with Gasteiger partial charge in [0.05, 0.1) is 12.2 Å². The van der Waals surface area contributed by atoms with E-state index >= 15 is 0 Å². The van der Waals surface area contributed by atoms with Crippen molar-refractivity contribution < 1.29 is 18.7 Å². The van der Waals surface area contributed by atoms with Crippen LogP contribution in [-0.2, 0) is 4.74 Å². The number of rotatable bonds is 5. The molecule has 3 rings (SSSR count). The number of carbonyl (C=O) groups is 1. The average Bonchev–Trinajstić information content (AvgIpc) is 3.37. The summed E-state index contributed by atoms with van der Waals surface area (Å²) < 4.78 is 25.8. The molecule has 0 atom stereocenters. The lowest BCUT2D eigenvalue weighted by Crippen LogP contribution is -2.30. The molecular weight excluding hydrogens is 321 g/mol. The molecule has 1 aliphatic heterocycles. The highest BCUT2D eigenvalue weighted by Gasteiger charge is 2.31. The van der Waals surface area contributed by atoms with E-state index in [9.17, 15) is 9.18 Å². The Hall–Kier alpha value is -1.62. The largest absolute Gasteiger partial charge is 0.493 e. The van der Waals surface area contributed by atoms with E-state index in [1.165, 1.54) is 6.07 Å². The minimum Gasteiger partial charge on any atom is -0.493 e. The maximum atomic E-state index is 14.5. The van der Waals surface area contributed by atoms with Gasteiger partial charge in [-0.1, -0.05) is 0 Å². The summed E-state index contributed by atoms with van der Waals surface area (Å²) in [6, 6.07) is 3.01. The summed E-state index contributed by atoms with van der Waals surface area (Å²) >= 11 is 0. The summed E-state index contributed by atoms with van der Waals surface area (Å²) in [6.45, 7) is 7.96. The van der Waals surface area contributed by atoms with E-state index in [0.717, 1.165) is 44.3 Å². The third-order valence-corrected chi connectivity index (χ3v) is 4.67. The van der Waals surface area contributed by atoms with E-state index in [1.54, 1.807) is 26.8 Å². The van der Waals surface area contributed by atoms with Gasteiger partial charge in [0.1, 0.15) is 17.2 Å². The minimum absolute atomic E-state index is 0.00559. The summed E-state index contributed by atoms with van der Waals surface area (Å²) in [4.78, 5) is 12.3. The summed E-state index contributed by atoms with van der Waals surface area (Å²) in [5.41, 5.74) is 0.301. The molecule has 0 aromatic heterocycles. The van der Waals surface area contributed by atoms with Gasteiger partial charge in [0.25, 0.3) is 0 Å². The molecule has 0 bridgehead atoms. The first kappa shape index (κ1) is 18.2. The predicted molar refractivity (Wildman–Crippen MR) is 94.6 cm³/mol. The van der Waals surface area contributed by atoms with Crippen molar-refractivity contribution in [2.45, 2.75) is 58.0 Å². The number of carbonyl (C=O) groups excluding carboxylic acids is 1. The van der Waals surface area contributed by atoms with Crippen molar-refractivity contribution in [3.8, 4) is 5.75 Å².